The zero-order valence-electron chi connectivity index (χ0n) is 17.5. The van der Waals surface area contributed by atoms with Gasteiger partial charge in [0.15, 0.2) is 0 Å². The molecule has 0 bridgehead atoms. The van der Waals surface area contributed by atoms with E-state index >= 15 is 0 Å². The Hall–Kier alpha value is -3.85. The molecule has 152 valence electrons. The number of nitrogens with zero attached hydrogens (tertiary/aromatic N) is 2. The summed E-state index contributed by atoms with van der Waals surface area (Å²) >= 11 is 0. The molecule has 0 N–H and O–H groups in total. The van der Waals surface area contributed by atoms with Crippen LogP contribution in [-0.2, 0) is 13.0 Å². The van der Waals surface area contributed by atoms with Gasteiger partial charge in [-0.3, -0.25) is 0 Å². The molecule has 4 aromatic carbocycles. The normalized spacial score (nSPS) is 11.0. The lowest BCUT2D eigenvalue weighted by molar-refractivity contribution is 0.408. The molecule has 1 heterocycles. The highest BCUT2D eigenvalue weighted by Gasteiger charge is 2.13. The molecule has 0 amide bonds. The van der Waals surface area contributed by atoms with Gasteiger partial charge in [-0.25, -0.2) is 4.98 Å². The molecule has 31 heavy (non-hydrogen) atoms. The molecule has 0 radical (unpaired) electrons. The summed E-state index contributed by atoms with van der Waals surface area (Å²) in [6.07, 6.45) is 0.777. The topological polar surface area (TPSA) is 27.1 Å². The fourth-order valence-corrected chi connectivity index (χ4v) is 4.07. The number of methoxy groups -OCH3 is 1. The van der Waals surface area contributed by atoms with Crippen LogP contribution in [-0.4, -0.2) is 16.7 Å². The minimum absolute atomic E-state index is 0.724. The monoisotopic (exact) mass is 404 g/mol. The second-order valence-corrected chi connectivity index (χ2v) is 7.65. The summed E-state index contributed by atoms with van der Waals surface area (Å²) in [5.41, 5.74) is 7.02. The van der Waals surface area contributed by atoms with Gasteiger partial charge < -0.3 is 9.30 Å². The first-order valence-electron chi connectivity index (χ1n) is 10.5. The van der Waals surface area contributed by atoms with E-state index < -0.39 is 0 Å². The highest BCUT2D eigenvalue weighted by Crippen LogP contribution is 2.25. The van der Waals surface area contributed by atoms with Crippen LogP contribution in [0.4, 0.5) is 0 Å². The molecule has 0 unspecified atom stereocenters. The van der Waals surface area contributed by atoms with Crippen molar-refractivity contribution < 1.29 is 4.74 Å². The van der Waals surface area contributed by atoms with Crippen LogP contribution in [0.3, 0.4) is 0 Å². The molecular formula is C28H24N2O. The maximum absolute atomic E-state index is 5.59. The fourth-order valence-electron chi connectivity index (χ4n) is 4.07. The van der Waals surface area contributed by atoms with Crippen molar-refractivity contribution in [1.82, 2.24) is 9.55 Å². The van der Waals surface area contributed by atoms with Crippen LogP contribution >= 0.6 is 0 Å². The molecule has 1 aromatic heterocycles. The van der Waals surface area contributed by atoms with Gasteiger partial charge in [0.1, 0.15) is 11.6 Å². The highest BCUT2D eigenvalue weighted by atomic mass is 16.5. The maximum Gasteiger partial charge on any atom is 0.123 e. The van der Waals surface area contributed by atoms with Gasteiger partial charge in [-0.05, 0) is 34.9 Å². The minimum Gasteiger partial charge on any atom is -0.496 e. The third kappa shape index (κ3) is 3.95. The van der Waals surface area contributed by atoms with Crippen molar-refractivity contribution >= 4 is 11.0 Å². The second kappa shape index (κ2) is 8.49. The molecule has 0 spiro atoms. The van der Waals surface area contributed by atoms with Crippen molar-refractivity contribution in [3.05, 3.63) is 120 Å². The molecule has 3 nitrogen and oxygen atoms in total. The van der Waals surface area contributed by atoms with Crippen LogP contribution < -0.4 is 4.74 Å². The van der Waals surface area contributed by atoms with E-state index in [1.807, 2.05) is 24.3 Å². The van der Waals surface area contributed by atoms with Crippen LogP contribution in [0.25, 0.3) is 22.2 Å². The van der Waals surface area contributed by atoms with Crippen LogP contribution in [0.1, 0.15) is 17.0 Å². The molecule has 0 saturated carbocycles. The lowest BCUT2D eigenvalue weighted by Crippen LogP contribution is -2.07. The molecule has 0 saturated heterocycles. The zero-order valence-corrected chi connectivity index (χ0v) is 17.5. The van der Waals surface area contributed by atoms with Crippen molar-refractivity contribution in [2.75, 3.05) is 7.11 Å². The van der Waals surface area contributed by atoms with Gasteiger partial charge in [0.05, 0.1) is 24.7 Å². The first kappa shape index (κ1) is 19.1. The Labute approximate surface area is 182 Å². The third-order valence-corrected chi connectivity index (χ3v) is 5.68. The smallest absolute Gasteiger partial charge is 0.123 e. The number of imidazole rings is 1. The van der Waals surface area contributed by atoms with Crippen LogP contribution in [0.2, 0.25) is 0 Å². The van der Waals surface area contributed by atoms with Crippen molar-refractivity contribution in [2.45, 2.75) is 13.0 Å². The summed E-state index contributed by atoms with van der Waals surface area (Å²) in [5, 5.41) is 0. The lowest BCUT2D eigenvalue weighted by atomic mass is 10.0. The molecule has 0 aliphatic carbocycles. The number of para-hydroxylation sites is 3. The van der Waals surface area contributed by atoms with E-state index in [1.54, 1.807) is 7.11 Å². The molecule has 3 heteroatoms. The lowest BCUT2D eigenvalue weighted by Gasteiger charge is -2.13. The second-order valence-electron chi connectivity index (χ2n) is 7.65. The van der Waals surface area contributed by atoms with Crippen molar-refractivity contribution in [3.8, 4) is 16.9 Å². The number of aromatic nitrogens is 2. The Morgan fingerprint density at radius 2 is 1.39 bits per heavy atom. The zero-order chi connectivity index (χ0) is 21.0. The van der Waals surface area contributed by atoms with Gasteiger partial charge in [-0.2, -0.15) is 0 Å². The molecule has 0 aliphatic heterocycles. The number of fused-ring (bicyclic) bond motifs is 1. The standard InChI is InChI=1S/C28H24N2O/c1-31-27-14-8-5-11-24(27)20-30-26-13-7-6-12-25(26)29-28(30)19-21-15-17-23(18-16-21)22-9-3-2-4-10-22/h2-18H,19-20H2,1H3. The third-order valence-electron chi connectivity index (χ3n) is 5.68. The number of ether oxygens (including phenoxy) is 1. The Bertz CT molecular complexity index is 1300. The fraction of sp³-hybridized carbons (Fsp3) is 0.107. The van der Waals surface area contributed by atoms with Gasteiger partial charge in [-0.1, -0.05) is 84.9 Å². The molecule has 5 rings (SSSR count). The number of hydrogen-bond acceptors (Lipinski definition) is 2. The van der Waals surface area contributed by atoms with Crippen LogP contribution in [0, 0.1) is 0 Å². The predicted octanol–water partition coefficient (Wildman–Crippen LogP) is 6.35. The van der Waals surface area contributed by atoms with Crippen molar-refractivity contribution in [3.63, 3.8) is 0 Å². The predicted molar refractivity (Wildman–Crippen MR) is 127 cm³/mol. The van der Waals surface area contributed by atoms with E-state index in [9.17, 15) is 0 Å². The minimum atomic E-state index is 0.724. The van der Waals surface area contributed by atoms with E-state index in [0.717, 1.165) is 41.1 Å². The molecule has 0 aliphatic rings. The number of benzene rings is 4. The molecule has 5 aromatic rings. The Kier molecular flexibility index (Phi) is 5.24. The summed E-state index contributed by atoms with van der Waals surface area (Å²) in [6.45, 7) is 0.724. The quantitative estimate of drug-likeness (QED) is 0.330. The Balaban J connectivity index is 1.49. The highest BCUT2D eigenvalue weighted by molar-refractivity contribution is 5.76. The van der Waals surface area contributed by atoms with E-state index in [1.165, 1.54) is 16.7 Å². The number of hydrogen-bond donors (Lipinski definition) is 0. The van der Waals surface area contributed by atoms with Crippen molar-refractivity contribution in [2.24, 2.45) is 0 Å². The van der Waals surface area contributed by atoms with E-state index in [-0.39, 0.29) is 0 Å². The van der Waals surface area contributed by atoms with Gasteiger partial charge in [0, 0.05) is 12.0 Å². The maximum atomic E-state index is 5.59. The summed E-state index contributed by atoms with van der Waals surface area (Å²) < 4.78 is 7.89. The summed E-state index contributed by atoms with van der Waals surface area (Å²) in [7, 11) is 1.72. The first-order valence-corrected chi connectivity index (χ1v) is 10.5. The van der Waals surface area contributed by atoms with Crippen molar-refractivity contribution in [1.29, 1.82) is 0 Å². The molecular weight excluding hydrogens is 380 g/mol. The van der Waals surface area contributed by atoms with Crippen LogP contribution in [0.15, 0.2) is 103 Å². The largest absolute Gasteiger partial charge is 0.496 e. The summed E-state index contributed by atoms with van der Waals surface area (Å²) in [6, 6.07) is 35.8. The average molecular weight is 405 g/mol. The Morgan fingerprint density at radius 3 is 2.19 bits per heavy atom. The molecule has 0 atom stereocenters. The van der Waals surface area contributed by atoms with E-state index in [2.05, 4.69) is 83.4 Å². The van der Waals surface area contributed by atoms with Gasteiger partial charge >= 0.3 is 0 Å². The number of rotatable bonds is 6. The molecule has 0 fully saturated rings. The summed E-state index contributed by atoms with van der Waals surface area (Å²) in [5.74, 6) is 1.96. The SMILES string of the molecule is COc1ccccc1Cn1c(Cc2ccc(-c3ccccc3)cc2)nc2ccccc21. The van der Waals surface area contributed by atoms with Gasteiger partial charge in [-0.15, -0.1) is 0 Å². The summed E-state index contributed by atoms with van der Waals surface area (Å²) in [4.78, 5) is 4.96. The van der Waals surface area contributed by atoms with E-state index in [4.69, 9.17) is 9.72 Å². The van der Waals surface area contributed by atoms with Gasteiger partial charge in [0.2, 0.25) is 0 Å². The van der Waals surface area contributed by atoms with Crippen LogP contribution in [0.5, 0.6) is 5.75 Å². The first-order chi connectivity index (χ1) is 15.3. The average Bonchev–Trinajstić information content (AvgIpc) is 3.17. The van der Waals surface area contributed by atoms with E-state index in [0.29, 0.717) is 0 Å². The Morgan fingerprint density at radius 1 is 0.710 bits per heavy atom. The van der Waals surface area contributed by atoms with Gasteiger partial charge in [0.25, 0.3) is 0 Å².